The first-order chi connectivity index (χ1) is 15.1. The van der Waals surface area contributed by atoms with Crippen LogP contribution < -0.4 is 10.6 Å². The van der Waals surface area contributed by atoms with E-state index in [1.165, 1.54) is 11.1 Å². The first-order valence-electron chi connectivity index (χ1n) is 11.0. The van der Waals surface area contributed by atoms with E-state index in [9.17, 15) is 4.79 Å². The highest BCUT2D eigenvalue weighted by atomic mass is 127. The lowest BCUT2D eigenvalue weighted by Gasteiger charge is -2.20. The summed E-state index contributed by atoms with van der Waals surface area (Å²) in [6.07, 6.45) is 1.98. The number of rotatable bonds is 9. The van der Waals surface area contributed by atoms with Crippen molar-refractivity contribution in [3.05, 3.63) is 71.8 Å². The summed E-state index contributed by atoms with van der Waals surface area (Å²) in [5, 5.41) is 6.83. The third-order valence-corrected chi connectivity index (χ3v) is 5.58. The van der Waals surface area contributed by atoms with Crippen molar-refractivity contribution in [1.29, 1.82) is 0 Å². The normalized spacial score (nSPS) is 15.8. The largest absolute Gasteiger partial charge is 0.381 e. The van der Waals surface area contributed by atoms with Crippen molar-refractivity contribution in [2.24, 2.45) is 10.9 Å². The SMILES string of the molecule is CN(C)C(=O)CN=C(NCCC(c1ccccc1)c1ccccc1)NCC1CCOC1.I. The molecular formula is C25H35IN4O2. The van der Waals surface area contributed by atoms with Crippen LogP contribution in [-0.2, 0) is 9.53 Å². The molecular weight excluding hydrogens is 515 g/mol. The molecule has 1 amide bonds. The number of guanidine groups is 1. The van der Waals surface area contributed by atoms with E-state index >= 15 is 0 Å². The molecule has 2 aromatic carbocycles. The first-order valence-corrected chi connectivity index (χ1v) is 11.0. The average molecular weight is 550 g/mol. The Balaban J connectivity index is 0.00000363. The molecule has 32 heavy (non-hydrogen) atoms. The fourth-order valence-corrected chi connectivity index (χ4v) is 3.68. The zero-order valence-corrected chi connectivity index (χ0v) is 21.3. The standard InChI is InChI=1S/C25H34N4O2.HI/c1-29(2)24(30)18-28-25(27-17-20-14-16-31-19-20)26-15-13-23(21-9-5-3-6-10-21)22-11-7-4-8-12-22;/h3-12,20,23H,13-19H2,1-2H3,(H2,26,27,28);1H. The van der Waals surface area contributed by atoms with Crippen molar-refractivity contribution >= 4 is 35.8 Å². The number of hydrogen-bond donors (Lipinski definition) is 2. The van der Waals surface area contributed by atoms with Gasteiger partial charge in [0.15, 0.2) is 5.96 Å². The molecule has 3 rings (SSSR count). The second kappa shape index (κ2) is 14.1. The second-order valence-electron chi connectivity index (χ2n) is 8.15. The van der Waals surface area contributed by atoms with Crippen molar-refractivity contribution in [3.63, 3.8) is 0 Å². The van der Waals surface area contributed by atoms with Gasteiger partial charge in [0.1, 0.15) is 6.54 Å². The third kappa shape index (κ3) is 8.43. The number of nitrogens with zero attached hydrogens (tertiary/aromatic N) is 2. The Bertz CT molecular complexity index is 785. The molecule has 2 N–H and O–H groups in total. The smallest absolute Gasteiger partial charge is 0.243 e. The van der Waals surface area contributed by atoms with Crippen molar-refractivity contribution in [3.8, 4) is 0 Å². The van der Waals surface area contributed by atoms with E-state index in [4.69, 9.17) is 4.74 Å². The summed E-state index contributed by atoms with van der Waals surface area (Å²) in [5.41, 5.74) is 2.60. The minimum absolute atomic E-state index is 0. The number of carbonyl (C=O) groups is 1. The number of nitrogens with one attached hydrogen (secondary N) is 2. The summed E-state index contributed by atoms with van der Waals surface area (Å²) in [5.74, 6) is 1.44. The Morgan fingerprint density at radius 2 is 1.69 bits per heavy atom. The van der Waals surface area contributed by atoms with E-state index in [2.05, 4.69) is 64.2 Å². The van der Waals surface area contributed by atoms with Gasteiger partial charge in [-0.15, -0.1) is 24.0 Å². The Morgan fingerprint density at radius 3 is 2.22 bits per heavy atom. The summed E-state index contributed by atoms with van der Waals surface area (Å²) in [6, 6.07) is 21.2. The van der Waals surface area contributed by atoms with Gasteiger partial charge in [0.05, 0.1) is 6.61 Å². The maximum atomic E-state index is 12.0. The zero-order valence-electron chi connectivity index (χ0n) is 19.0. The van der Waals surface area contributed by atoms with Gasteiger partial charge in [-0.3, -0.25) is 4.79 Å². The number of halogens is 1. The van der Waals surface area contributed by atoms with Gasteiger partial charge < -0.3 is 20.3 Å². The summed E-state index contributed by atoms with van der Waals surface area (Å²) in [7, 11) is 3.50. The highest BCUT2D eigenvalue weighted by Gasteiger charge is 2.17. The van der Waals surface area contributed by atoms with E-state index in [-0.39, 0.29) is 36.4 Å². The topological polar surface area (TPSA) is 66.0 Å². The van der Waals surface area contributed by atoms with Crippen LogP contribution in [0.3, 0.4) is 0 Å². The molecule has 6 nitrogen and oxygen atoms in total. The van der Waals surface area contributed by atoms with E-state index in [1.54, 1.807) is 19.0 Å². The molecule has 0 bridgehead atoms. The molecule has 1 fully saturated rings. The lowest BCUT2D eigenvalue weighted by Crippen LogP contribution is -2.41. The van der Waals surface area contributed by atoms with Gasteiger partial charge in [-0.2, -0.15) is 0 Å². The second-order valence-corrected chi connectivity index (χ2v) is 8.15. The quantitative estimate of drug-likeness (QED) is 0.285. The van der Waals surface area contributed by atoms with Gasteiger partial charge in [-0.1, -0.05) is 60.7 Å². The summed E-state index contributed by atoms with van der Waals surface area (Å²) >= 11 is 0. The fourth-order valence-electron chi connectivity index (χ4n) is 3.68. The summed E-state index contributed by atoms with van der Waals surface area (Å²) in [6.45, 7) is 3.27. The number of carbonyl (C=O) groups excluding carboxylic acids is 1. The van der Waals surface area contributed by atoms with E-state index in [0.717, 1.165) is 39.1 Å². The van der Waals surface area contributed by atoms with E-state index in [0.29, 0.717) is 17.8 Å². The molecule has 0 saturated carbocycles. The van der Waals surface area contributed by atoms with Crippen molar-refractivity contribution in [1.82, 2.24) is 15.5 Å². The molecule has 1 unspecified atom stereocenters. The van der Waals surface area contributed by atoms with Gasteiger partial charge >= 0.3 is 0 Å². The molecule has 1 heterocycles. The van der Waals surface area contributed by atoms with E-state index in [1.807, 2.05) is 12.1 Å². The van der Waals surface area contributed by atoms with Crippen LogP contribution in [0.1, 0.15) is 29.9 Å². The highest BCUT2D eigenvalue weighted by molar-refractivity contribution is 14.0. The molecule has 0 aromatic heterocycles. The number of aliphatic imine (C=N–C) groups is 1. The fraction of sp³-hybridized carbons (Fsp3) is 0.440. The van der Waals surface area contributed by atoms with Gasteiger partial charge in [0.2, 0.25) is 5.91 Å². The van der Waals surface area contributed by atoms with Crippen LogP contribution in [0.2, 0.25) is 0 Å². The van der Waals surface area contributed by atoms with E-state index < -0.39 is 0 Å². The maximum Gasteiger partial charge on any atom is 0.243 e. The molecule has 0 radical (unpaired) electrons. The lowest BCUT2D eigenvalue weighted by molar-refractivity contribution is -0.127. The Kier molecular flexibility index (Phi) is 11.5. The monoisotopic (exact) mass is 550 g/mol. The number of amides is 1. The number of ether oxygens (including phenoxy) is 1. The van der Waals surface area contributed by atoms with Crippen LogP contribution in [0, 0.1) is 5.92 Å². The first kappa shape index (κ1) is 26.1. The molecule has 2 aromatic rings. The van der Waals surface area contributed by atoms with Gasteiger partial charge in [-0.25, -0.2) is 4.99 Å². The predicted octanol–water partition coefficient (Wildman–Crippen LogP) is 3.49. The van der Waals surface area contributed by atoms with Crippen LogP contribution in [0.5, 0.6) is 0 Å². The molecule has 1 aliphatic rings. The molecule has 1 aliphatic heterocycles. The third-order valence-electron chi connectivity index (χ3n) is 5.58. The molecule has 0 aliphatic carbocycles. The molecule has 0 spiro atoms. The predicted molar refractivity (Wildman–Crippen MR) is 141 cm³/mol. The average Bonchev–Trinajstić information content (AvgIpc) is 3.32. The highest BCUT2D eigenvalue weighted by Crippen LogP contribution is 2.27. The summed E-state index contributed by atoms with van der Waals surface area (Å²) in [4.78, 5) is 18.1. The number of hydrogen-bond acceptors (Lipinski definition) is 3. The molecule has 1 saturated heterocycles. The minimum atomic E-state index is -0.0169. The Morgan fingerprint density at radius 1 is 1.06 bits per heavy atom. The molecule has 174 valence electrons. The van der Waals surface area contributed by atoms with Gasteiger partial charge in [0.25, 0.3) is 0 Å². The maximum absolute atomic E-state index is 12.0. The summed E-state index contributed by atoms with van der Waals surface area (Å²) < 4.78 is 5.47. The van der Waals surface area contributed by atoms with Crippen LogP contribution in [0.15, 0.2) is 65.7 Å². The number of benzene rings is 2. The Labute approximate surface area is 208 Å². The van der Waals surface area contributed by atoms with Crippen molar-refractivity contribution in [2.75, 3.05) is 46.9 Å². The van der Waals surface area contributed by atoms with Crippen LogP contribution >= 0.6 is 24.0 Å². The van der Waals surface area contributed by atoms with Crippen LogP contribution in [0.25, 0.3) is 0 Å². The molecule has 7 heteroatoms. The van der Waals surface area contributed by atoms with Crippen LogP contribution in [0.4, 0.5) is 0 Å². The lowest BCUT2D eigenvalue weighted by atomic mass is 9.88. The van der Waals surface area contributed by atoms with Crippen molar-refractivity contribution in [2.45, 2.75) is 18.8 Å². The van der Waals surface area contributed by atoms with Crippen LogP contribution in [-0.4, -0.2) is 63.7 Å². The zero-order chi connectivity index (χ0) is 21.9. The Hall–Kier alpha value is -2.13. The minimum Gasteiger partial charge on any atom is -0.381 e. The van der Waals surface area contributed by atoms with Gasteiger partial charge in [-0.05, 0) is 24.0 Å². The number of likely N-dealkylation sites (N-methyl/N-ethyl adjacent to an activating group) is 1. The van der Waals surface area contributed by atoms with Gasteiger partial charge in [0, 0.05) is 45.6 Å². The molecule has 1 atom stereocenters. The van der Waals surface area contributed by atoms with Crippen molar-refractivity contribution < 1.29 is 9.53 Å².